The third kappa shape index (κ3) is 5.46. The minimum atomic E-state index is 0.418. The van der Waals surface area contributed by atoms with Crippen LogP contribution in [0.5, 0.6) is 0 Å². The van der Waals surface area contributed by atoms with Crippen molar-refractivity contribution in [1.82, 2.24) is 4.90 Å². The van der Waals surface area contributed by atoms with E-state index < -0.39 is 0 Å². The zero-order chi connectivity index (χ0) is 15.1. The Morgan fingerprint density at radius 2 is 2.05 bits per heavy atom. The van der Waals surface area contributed by atoms with Crippen LogP contribution in [0.15, 0.2) is 16.5 Å². The lowest BCUT2D eigenvalue weighted by atomic mass is 10.0. The highest BCUT2D eigenvalue weighted by Gasteiger charge is 2.20. The van der Waals surface area contributed by atoms with Gasteiger partial charge < -0.3 is 18.8 Å². The number of furan rings is 1. The maximum absolute atomic E-state index is 5.80. The Hall–Kier alpha value is -0.840. The summed E-state index contributed by atoms with van der Waals surface area (Å²) in [5.74, 6) is 2.62. The highest BCUT2D eigenvalue weighted by molar-refractivity contribution is 5.09. The van der Waals surface area contributed by atoms with Crippen LogP contribution in [0.4, 0.5) is 0 Å². The maximum Gasteiger partial charge on any atom is 0.107 e. The van der Waals surface area contributed by atoms with Crippen LogP contribution in [-0.4, -0.2) is 51.0 Å². The second kappa shape index (κ2) is 8.57. The molecule has 4 heteroatoms. The van der Waals surface area contributed by atoms with Gasteiger partial charge in [0, 0.05) is 26.1 Å². The molecule has 0 aliphatic carbocycles. The Labute approximate surface area is 128 Å². The van der Waals surface area contributed by atoms with Crippen LogP contribution in [0.1, 0.15) is 43.6 Å². The van der Waals surface area contributed by atoms with Crippen molar-refractivity contribution >= 4 is 0 Å². The average molecular weight is 295 g/mol. The predicted octanol–water partition coefficient (Wildman–Crippen LogP) is 3.21. The average Bonchev–Trinajstić information content (AvgIpc) is 2.93. The second-order valence-electron chi connectivity index (χ2n) is 6.04. The highest BCUT2D eigenvalue weighted by atomic mass is 16.5. The molecule has 0 radical (unpaired) electrons. The minimum absolute atomic E-state index is 0.418. The van der Waals surface area contributed by atoms with Crippen molar-refractivity contribution in [2.75, 3.05) is 40.0 Å². The molecule has 4 nitrogen and oxygen atoms in total. The normalized spacial score (nSPS) is 19.0. The zero-order valence-corrected chi connectivity index (χ0v) is 13.6. The minimum Gasteiger partial charge on any atom is -0.466 e. The molecule has 0 saturated carbocycles. The van der Waals surface area contributed by atoms with E-state index in [1.807, 2.05) is 6.92 Å². The van der Waals surface area contributed by atoms with Crippen LogP contribution >= 0.6 is 0 Å². The molecule has 0 unspecified atom stereocenters. The third-order valence-corrected chi connectivity index (χ3v) is 4.30. The molecule has 0 bridgehead atoms. The van der Waals surface area contributed by atoms with Crippen LogP contribution in [0.2, 0.25) is 0 Å². The van der Waals surface area contributed by atoms with E-state index in [0.717, 1.165) is 57.0 Å². The number of hydrogen-bond acceptors (Lipinski definition) is 4. The van der Waals surface area contributed by atoms with E-state index in [1.165, 1.54) is 0 Å². The van der Waals surface area contributed by atoms with E-state index in [4.69, 9.17) is 13.9 Å². The van der Waals surface area contributed by atoms with E-state index in [9.17, 15) is 0 Å². The largest absolute Gasteiger partial charge is 0.466 e. The van der Waals surface area contributed by atoms with Gasteiger partial charge in [-0.1, -0.05) is 6.92 Å². The molecule has 1 fully saturated rings. The van der Waals surface area contributed by atoms with Crippen LogP contribution < -0.4 is 0 Å². The predicted molar refractivity (Wildman–Crippen MR) is 83.8 cm³/mol. The fourth-order valence-electron chi connectivity index (χ4n) is 2.83. The van der Waals surface area contributed by atoms with Crippen molar-refractivity contribution in [2.45, 2.75) is 45.1 Å². The molecular weight excluding hydrogens is 266 g/mol. The van der Waals surface area contributed by atoms with Crippen LogP contribution in [0, 0.1) is 6.92 Å². The van der Waals surface area contributed by atoms with Crippen molar-refractivity contribution in [2.24, 2.45) is 0 Å². The molecule has 0 N–H and O–H groups in total. The second-order valence-corrected chi connectivity index (χ2v) is 6.04. The standard InChI is InChI=1S/C17H29NO3/c1-14(17-5-4-15(2)21-17)6-9-18-10-7-16(8-11-18)20-13-12-19-3/h4-5,14,16H,6-13H2,1-3H3/t14-/m1/s1. The first-order valence-corrected chi connectivity index (χ1v) is 8.08. The Bertz CT molecular complexity index is 396. The monoisotopic (exact) mass is 295 g/mol. The number of nitrogens with zero attached hydrogens (tertiary/aromatic N) is 1. The molecule has 0 aromatic carbocycles. The van der Waals surface area contributed by atoms with Gasteiger partial charge in [0.05, 0.1) is 19.3 Å². The number of ether oxygens (including phenoxy) is 2. The van der Waals surface area contributed by atoms with E-state index in [0.29, 0.717) is 18.6 Å². The van der Waals surface area contributed by atoms with E-state index in [-0.39, 0.29) is 0 Å². The summed E-state index contributed by atoms with van der Waals surface area (Å²) in [6, 6.07) is 4.16. The zero-order valence-electron chi connectivity index (χ0n) is 13.6. The van der Waals surface area contributed by atoms with Gasteiger partial charge in [-0.2, -0.15) is 0 Å². The Morgan fingerprint density at radius 1 is 1.29 bits per heavy atom. The molecule has 120 valence electrons. The smallest absolute Gasteiger partial charge is 0.107 e. The van der Waals surface area contributed by atoms with E-state index >= 15 is 0 Å². The van der Waals surface area contributed by atoms with Gasteiger partial charge >= 0.3 is 0 Å². The van der Waals surface area contributed by atoms with Crippen molar-refractivity contribution in [3.8, 4) is 0 Å². The first-order valence-electron chi connectivity index (χ1n) is 8.08. The Kier molecular flexibility index (Phi) is 6.74. The number of piperidine rings is 1. The summed E-state index contributed by atoms with van der Waals surface area (Å²) in [7, 11) is 1.72. The molecule has 1 saturated heterocycles. The van der Waals surface area contributed by atoms with Crippen LogP contribution in [0.3, 0.4) is 0 Å². The Morgan fingerprint density at radius 3 is 2.67 bits per heavy atom. The van der Waals surface area contributed by atoms with Crippen molar-refractivity contribution in [3.63, 3.8) is 0 Å². The number of methoxy groups -OCH3 is 1. The molecule has 2 heterocycles. The molecule has 0 spiro atoms. The van der Waals surface area contributed by atoms with Gasteiger partial charge in [0.1, 0.15) is 11.5 Å². The first-order chi connectivity index (χ1) is 10.2. The molecular formula is C17H29NO3. The van der Waals surface area contributed by atoms with Gasteiger partial charge in [0.25, 0.3) is 0 Å². The summed E-state index contributed by atoms with van der Waals surface area (Å²) in [4.78, 5) is 2.54. The lowest BCUT2D eigenvalue weighted by Gasteiger charge is -2.32. The van der Waals surface area contributed by atoms with Gasteiger partial charge in [0.2, 0.25) is 0 Å². The molecule has 1 atom stereocenters. The summed E-state index contributed by atoms with van der Waals surface area (Å²) < 4.78 is 16.5. The van der Waals surface area contributed by atoms with Gasteiger partial charge in [-0.25, -0.2) is 0 Å². The summed E-state index contributed by atoms with van der Waals surface area (Å²) in [5, 5.41) is 0. The van der Waals surface area contributed by atoms with Crippen LogP contribution in [0.25, 0.3) is 0 Å². The fourth-order valence-corrected chi connectivity index (χ4v) is 2.83. The highest BCUT2D eigenvalue weighted by Crippen LogP contribution is 2.22. The summed E-state index contributed by atoms with van der Waals surface area (Å²) in [6.45, 7) is 9.09. The number of rotatable bonds is 8. The molecule has 2 rings (SSSR count). The van der Waals surface area contributed by atoms with Crippen molar-refractivity contribution in [1.29, 1.82) is 0 Å². The molecule has 0 amide bonds. The molecule has 1 aromatic rings. The van der Waals surface area contributed by atoms with Gasteiger partial charge in [-0.05, 0) is 44.9 Å². The molecule has 21 heavy (non-hydrogen) atoms. The third-order valence-electron chi connectivity index (χ3n) is 4.30. The Balaban J connectivity index is 1.62. The lowest BCUT2D eigenvalue weighted by Crippen LogP contribution is -2.38. The fraction of sp³-hybridized carbons (Fsp3) is 0.765. The summed E-state index contributed by atoms with van der Waals surface area (Å²) >= 11 is 0. The van der Waals surface area contributed by atoms with Gasteiger partial charge in [-0.3, -0.25) is 0 Å². The SMILES string of the molecule is COCCOC1CCN(CC[C@@H](C)c2ccc(C)o2)CC1. The molecule has 1 aromatic heterocycles. The maximum atomic E-state index is 5.80. The number of aryl methyl sites for hydroxylation is 1. The van der Waals surface area contributed by atoms with Crippen LogP contribution in [-0.2, 0) is 9.47 Å². The topological polar surface area (TPSA) is 34.8 Å². The molecule has 1 aliphatic rings. The molecule has 1 aliphatic heterocycles. The lowest BCUT2D eigenvalue weighted by molar-refractivity contribution is -0.0149. The van der Waals surface area contributed by atoms with Gasteiger partial charge in [0.15, 0.2) is 0 Å². The quantitative estimate of drug-likeness (QED) is 0.690. The van der Waals surface area contributed by atoms with E-state index in [2.05, 4.69) is 24.0 Å². The first kappa shape index (κ1) is 16.5. The summed E-state index contributed by atoms with van der Waals surface area (Å²) in [5.41, 5.74) is 0. The van der Waals surface area contributed by atoms with Gasteiger partial charge in [-0.15, -0.1) is 0 Å². The summed E-state index contributed by atoms with van der Waals surface area (Å²) in [6.07, 6.45) is 3.85. The number of likely N-dealkylation sites (tertiary alicyclic amines) is 1. The van der Waals surface area contributed by atoms with E-state index in [1.54, 1.807) is 7.11 Å². The number of hydrogen-bond donors (Lipinski definition) is 0. The van der Waals surface area contributed by atoms with Crippen molar-refractivity contribution in [3.05, 3.63) is 23.7 Å². The van der Waals surface area contributed by atoms with Crippen molar-refractivity contribution < 1.29 is 13.9 Å².